The van der Waals surface area contributed by atoms with Gasteiger partial charge < -0.3 is 11.1 Å². The molecule has 7 heteroatoms. The maximum absolute atomic E-state index is 13.5. The van der Waals surface area contributed by atoms with Crippen molar-refractivity contribution in [2.24, 2.45) is 11.7 Å². The standard InChI is InChI=1S/C14H18F3N3O/c1-8-4-9(18)6-20(5-8)7-12(21)19-11-3-2-10(15)13(16)14(11)17/h2-3,8-9H,4-7,18H2,1H3,(H,19,21). The quantitative estimate of drug-likeness (QED) is 0.836. The van der Waals surface area contributed by atoms with Crippen molar-refractivity contribution < 1.29 is 18.0 Å². The Morgan fingerprint density at radius 2 is 2.05 bits per heavy atom. The summed E-state index contributed by atoms with van der Waals surface area (Å²) >= 11 is 0. The highest BCUT2D eigenvalue weighted by Crippen LogP contribution is 2.20. The largest absolute Gasteiger partial charge is 0.327 e. The van der Waals surface area contributed by atoms with E-state index in [9.17, 15) is 18.0 Å². The number of amides is 1. The highest BCUT2D eigenvalue weighted by molar-refractivity contribution is 5.92. The van der Waals surface area contributed by atoms with Crippen LogP contribution in [0.25, 0.3) is 0 Å². The van der Waals surface area contributed by atoms with Gasteiger partial charge in [0.15, 0.2) is 17.5 Å². The normalized spacial score (nSPS) is 23.1. The van der Waals surface area contributed by atoms with E-state index in [2.05, 4.69) is 5.32 Å². The lowest BCUT2D eigenvalue weighted by molar-refractivity contribution is -0.117. The molecule has 0 aromatic heterocycles. The van der Waals surface area contributed by atoms with E-state index in [4.69, 9.17) is 5.73 Å². The summed E-state index contributed by atoms with van der Waals surface area (Å²) in [5, 5.41) is 2.25. The van der Waals surface area contributed by atoms with Gasteiger partial charge in [0.05, 0.1) is 12.2 Å². The van der Waals surface area contributed by atoms with Crippen LogP contribution in [-0.4, -0.2) is 36.5 Å². The molecule has 1 saturated heterocycles. The van der Waals surface area contributed by atoms with Gasteiger partial charge in [0.1, 0.15) is 0 Å². The SMILES string of the molecule is CC1CC(N)CN(CC(=O)Nc2ccc(F)c(F)c2F)C1. The molecule has 2 atom stereocenters. The summed E-state index contributed by atoms with van der Waals surface area (Å²) in [7, 11) is 0. The molecule has 0 radical (unpaired) electrons. The number of rotatable bonds is 3. The molecule has 1 aromatic carbocycles. The van der Waals surface area contributed by atoms with Crippen LogP contribution in [0.3, 0.4) is 0 Å². The average Bonchev–Trinajstić information content (AvgIpc) is 2.38. The van der Waals surface area contributed by atoms with Gasteiger partial charge >= 0.3 is 0 Å². The summed E-state index contributed by atoms with van der Waals surface area (Å²) in [6.07, 6.45) is 0.899. The number of nitrogens with one attached hydrogen (secondary N) is 1. The van der Waals surface area contributed by atoms with Crippen molar-refractivity contribution >= 4 is 11.6 Å². The van der Waals surface area contributed by atoms with Crippen LogP contribution in [0.15, 0.2) is 12.1 Å². The van der Waals surface area contributed by atoms with Gasteiger partial charge in [-0.2, -0.15) is 0 Å². The second-order valence-corrected chi connectivity index (χ2v) is 5.57. The number of anilines is 1. The topological polar surface area (TPSA) is 58.4 Å². The summed E-state index contributed by atoms with van der Waals surface area (Å²) in [6, 6.07) is 1.77. The fourth-order valence-electron chi connectivity index (χ4n) is 2.66. The van der Waals surface area contributed by atoms with Gasteiger partial charge in [-0.3, -0.25) is 9.69 Å². The molecule has 21 heavy (non-hydrogen) atoms. The predicted molar refractivity (Wildman–Crippen MR) is 73.1 cm³/mol. The molecule has 0 bridgehead atoms. The molecular formula is C14H18F3N3O. The predicted octanol–water partition coefficient (Wildman–Crippen LogP) is 1.71. The molecule has 2 rings (SSSR count). The minimum absolute atomic E-state index is 0.00144. The smallest absolute Gasteiger partial charge is 0.238 e. The summed E-state index contributed by atoms with van der Waals surface area (Å²) in [5.41, 5.74) is 5.51. The molecule has 1 fully saturated rings. The van der Waals surface area contributed by atoms with Crippen LogP contribution in [0.5, 0.6) is 0 Å². The molecule has 116 valence electrons. The van der Waals surface area contributed by atoms with E-state index < -0.39 is 23.4 Å². The Morgan fingerprint density at radius 1 is 1.33 bits per heavy atom. The van der Waals surface area contributed by atoms with Gasteiger partial charge in [0, 0.05) is 19.1 Å². The number of nitrogens with two attached hydrogens (primary N) is 1. The Hall–Kier alpha value is -1.60. The molecule has 2 unspecified atom stereocenters. The van der Waals surface area contributed by atoms with Crippen molar-refractivity contribution in [2.75, 3.05) is 25.0 Å². The fourth-order valence-corrected chi connectivity index (χ4v) is 2.66. The number of likely N-dealkylation sites (tertiary alicyclic amines) is 1. The van der Waals surface area contributed by atoms with Crippen LogP contribution in [0, 0.1) is 23.4 Å². The highest BCUT2D eigenvalue weighted by Gasteiger charge is 2.24. The van der Waals surface area contributed by atoms with Crippen LogP contribution in [0.1, 0.15) is 13.3 Å². The van der Waals surface area contributed by atoms with E-state index in [1.807, 2.05) is 11.8 Å². The van der Waals surface area contributed by atoms with E-state index in [1.54, 1.807) is 0 Å². The first-order valence-electron chi connectivity index (χ1n) is 6.78. The Morgan fingerprint density at radius 3 is 2.71 bits per heavy atom. The van der Waals surface area contributed by atoms with E-state index >= 15 is 0 Å². The molecule has 1 amide bonds. The zero-order valence-corrected chi connectivity index (χ0v) is 11.7. The Bertz CT molecular complexity index is 528. The van der Waals surface area contributed by atoms with Crippen molar-refractivity contribution in [1.29, 1.82) is 0 Å². The molecule has 3 N–H and O–H groups in total. The zero-order valence-electron chi connectivity index (χ0n) is 11.7. The fraction of sp³-hybridized carbons (Fsp3) is 0.500. The van der Waals surface area contributed by atoms with Crippen molar-refractivity contribution in [3.8, 4) is 0 Å². The van der Waals surface area contributed by atoms with Crippen molar-refractivity contribution in [2.45, 2.75) is 19.4 Å². The molecule has 1 aromatic rings. The maximum Gasteiger partial charge on any atom is 0.238 e. The molecule has 1 aliphatic rings. The molecular weight excluding hydrogens is 283 g/mol. The van der Waals surface area contributed by atoms with Crippen LogP contribution in [0.4, 0.5) is 18.9 Å². The Labute approximate surface area is 121 Å². The van der Waals surface area contributed by atoms with Crippen LogP contribution in [0.2, 0.25) is 0 Å². The van der Waals surface area contributed by atoms with Crippen molar-refractivity contribution in [3.63, 3.8) is 0 Å². The Kier molecular flexibility index (Phi) is 4.84. The Balaban J connectivity index is 1.97. The molecule has 1 heterocycles. The average molecular weight is 301 g/mol. The van der Waals surface area contributed by atoms with E-state index in [-0.39, 0.29) is 18.3 Å². The summed E-state index contributed by atoms with van der Waals surface area (Å²) in [4.78, 5) is 13.7. The molecule has 1 aliphatic heterocycles. The highest BCUT2D eigenvalue weighted by atomic mass is 19.2. The number of carbonyl (C=O) groups is 1. The summed E-state index contributed by atoms with van der Waals surface area (Å²) < 4.78 is 39.3. The lowest BCUT2D eigenvalue weighted by Crippen LogP contribution is -2.48. The third kappa shape index (κ3) is 3.95. The molecule has 0 aliphatic carbocycles. The van der Waals surface area contributed by atoms with Gasteiger partial charge in [0.25, 0.3) is 0 Å². The first-order chi connectivity index (χ1) is 9.86. The van der Waals surface area contributed by atoms with Gasteiger partial charge in [0.2, 0.25) is 5.91 Å². The number of benzene rings is 1. The van der Waals surface area contributed by atoms with Crippen molar-refractivity contribution in [1.82, 2.24) is 4.90 Å². The monoisotopic (exact) mass is 301 g/mol. The van der Waals surface area contributed by atoms with Gasteiger partial charge in [-0.05, 0) is 24.5 Å². The van der Waals surface area contributed by atoms with Gasteiger partial charge in [-0.1, -0.05) is 6.92 Å². The minimum atomic E-state index is -1.60. The van der Waals surface area contributed by atoms with E-state index in [0.29, 0.717) is 12.5 Å². The number of hydrogen-bond acceptors (Lipinski definition) is 3. The second-order valence-electron chi connectivity index (χ2n) is 5.57. The van der Waals surface area contributed by atoms with Gasteiger partial charge in [-0.25, -0.2) is 13.2 Å². The van der Waals surface area contributed by atoms with Crippen LogP contribution >= 0.6 is 0 Å². The number of carbonyl (C=O) groups excluding carboxylic acids is 1. The second kappa shape index (κ2) is 6.44. The lowest BCUT2D eigenvalue weighted by Gasteiger charge is -2.34. The third-order valence-electron chi connectivity index (χ3n) is 3.44. The lowest BCUT2D eigenvalue weighted by atomic mass is 9.97. The molecule has 4 nitrogen and oxygen atoms in total. The first-order valence-corrected chi connectivity index (χ1v) is 6.78. The van der Waals surface area contributed by atoms with E-state index in [1.165, 1.54) is 0 Å². The minimum Gasteiger partial charge on any atom is -0.327 e. The first kappa shape index (κ1) is 15.8. The molecule has 0 saturated carbocycles. The number of halogens is 3. The number of piperidine rings is 1. The summed E-state index contributed by atoms with van der Waals surface area (Å²) in [6.45, 7) is 3.38. The molecule has 0 spiro atoms. The van der Waals surface area contributed by atoms with Crippen molar-refractivity contribution in [3.05, 3.63) is 29.6 Å². The summed E-state index contributed by atoms with van der Waals surface area (Å²) in [5.74, 6) is -4.39. The van der Waals surface area contributed by atoms with Gasteiger partial charge in [-0.15, -0.1) is 0 Å². The van der Waals surface area contributed by atoms with E-state index in [0.717, 1.165) is 25.1 Å². The van der Waals surface area contributed by atoms with Crippen LogP contribution < -0.4 is 11.1 Å². The third-order valence-corrected chi connectivity index (χ3v) is 3.44. The number of nitrogens with zero attached hydrogens (tertiary/aromatic N) is 1. The van der Waals surface area contributed by atoms with Crippen LogP contribution in [-0.2, 0) is 4.79 Å². The maximum atomic E-state index is 13.5. The zero-order chi connectivity index (χ0) is 15.6. The number of hydrogen-bond donors (Lipinski definition) is 2.